The Morgan fingerprint density at radius 2 is 1.96 bits per heavy atom. The summed E-state index contributed by atoms with van der Waals surface area (Å²) >= 11 is 0. The number of carbonyl (C=O) groups is 1. The molecule has 1 aliphatic rings. The van der Waals surface area contributed by atoms with E-state index in [1.54, 1.807) is 23.1 Å². The van der Waals surface area contributed by atoms with Gasteiger partial charge in [0.2, 0.25) is 5.91 Å². The average Bonchev–Trinajstić information content (AvgIpc) is 3.11. The van der Waals surface area contributed by atoms with Gasteiger partial charge in [0.05, 0.1) is 12.3 Å². The van der Waals surface area contributed by atoms with Crippen molar-refractivity contribution in [3.8, 4) is 0 Å². The number of ether oxygens (including phenoxy) is 1. The van der Waals surface area contributed by atoms with Crippen LogP contribution in [-0.2, 0) is 20.9 Å². The van der Waals surface area contributed by atoms with Gasteiger partial charge in [-0.15, -0.1) is 0 Å². The molecular weight excluding hydrogens is 335 g/mol. The van der Waals surface area contributed by atoms with Gasteiger partial charge in [0.25, 0.3) is 0 Å². The summed E-state index contributed by atoms with van der Waals surface area (Å²) < 4.78 is 18.9. The van der Waals surface area contributed by atoms with Gasteiger partial charge in [0, 0.05) is 25.6 Å². The van der Waals surface area contributed by atoms with E-state index >= 15 is 0 Å². The van der Waals surface area contributed by atoms with Crippen LogP contribution >= 0.6 is 0 Å². The highest BCUT2D eigenvalue weighted by molar-refractivity contribution is 6.01. The molecule has 0 bridgehead atoms. The maximum atomic E-state index is 13.9. The molecule has 1 aliphatic heterocycles. The Bertz CT molecular complexity index is 780. The molecule has 0 N–H and O–H groups in total. The lowest BCUT2D eigenvalue weighted by Crippen LogP contribution is -2.39. The van der Waals surface area contributed by atoms with Crippen LogP contribution in [0, 0.1) is 5.82 Å². The van der Waals surface area contributed by atoms with Crippen LogP contribution < -0.4 is 0 Å². The summed E-state index contributed by atoms with van der Waals surface area (Å²) in [6, 6.07) is 16.2. The Kier molecular flexibility index (Phi) is 5.96. The first kappa shape index (κ1) is 18.1. The first-order valence-electron chi connectivity index (χ1n) is 8.45. The van der Waals surface area contributed by atoms with E-state index in [0.717, 1.165) is 5.56 Å². The standard InChI is InChI=1S/C20H21FN2O3/c1-25-14-20(24)23(12-15-7-3-2-4-8-15)13-16-11-19(22-26-16)17-9-5-6-10-18(17)21/h2-10,16H,11-14H2,1H3/t16-/m1/s1. The van der Waals surface area contributed by atoms with E-state index in [2.05, 4.69) is 5.16 Å². The summed E-state index contributed by atoms with van der Waals surface area (Å²) in [6.45, 7) is 0.817. The molecule has 6 heteroatoms. The second kappa shape index (κ2) is 8.58. The topological polar surface area (TPSA) is 51.1 Å². The summed E-state index contributed by atoms with van der Waals surface area (Å²) in [7, 11) is 1.49. The number of amides is 1. The van der Waals surface area contributed by atoms with Gasteiger partial charge >= 0.3 is 0 Å². The highest BCUT2D eigenvalue weighted by Gasteiger charge is 2.27. The first-order valence-corrected chi connectivity index (χ1v) is 8.45. The summed E-state index contributed by atoms with van der Waals surface area (Å²) in [4.78, 5) is 19.5. The third kappa shape index (κ3) is 4.46. The fourth-order valence-electron chi connectivity index (χ4n) is 2.90. The minimum atomic E-state index is -0.327. The molecule has 5 nitrogen and oxygen atoms in total. The lowest BCUT2D eigenvalue weighted by molar-refractivity contribution is -0.137. The molecule has 0 unspecified atom stereocenters. The maximum Gasteiger partial charge on any atom is 0.248 e. The number of hydrogen-bond donors (Lipinski definition) is 0. The van der Waals surface area contributed by atoms with E-state index in [0.29, 0.717) is 30.8 Å². The average molecular weight is 356 g/mol. The van der Waals surface area contributed by atoms with Gasteiger partial charge in [-0.2, -0.15) is 0 Å². The van der Waals surface area contributed by atoms with Crippen LogP contribution in [0.3, 0.4) is 0 Å². The molecule has 0 spiro atoms. The van der Waals surface area contributed by atoms with Crippen LogP contribution in [0.1, 0.15) is 17.5 Å². The van der Waals surface area contributed by atoms with Gasteiger partial charge in [0.1, 0.15) is 12.4 Å². The monoisotopic (exact) mass is 356 g/mol. The van der Waals surface area contributed by atoms with Gasteiger partial charge < -0.3 is 14.5 Å². The zero-order chi connectivity index (χ0) is 18.4. The van der Waals surface area contributed by atoms with Gasteiger partial charge in [0.15, 0.2) is 6.10 Å². The normalized spacial score (nSPS) is 16.1. The number of benzene rings is 2. The zero-order valence-electron chi connectivity index (χ0n) is 14.6. The summed E-state index contributed by atoms with van der Waals surface area (Å²) in [6.07, 6.45) is 0.140. The molecule has 0 fully saturated rings. The Labute approximate surface area is 152 Å². The molecule has 0 aromatic heterocycles. The van der Waals surface area contributed by atoms with Crippen LogP contribution in [0.25, 0.3) is 0 Å². The number of rotatable bonds is 7. The molecule has 1 heterocycles. The van der Waals surface area contributed by atoms with Gasteiger partial charge in [-0.25, -0.2) is 4.39 Å². The number of carbonyl (C=O) groups excluding carboxylic acids is 1. The van der Waals surface area contributed by atoms with Crippen molar-refractivity contribution in [2.45, 2.75) is 19.1 Å². The summed E-state index contributed by atoms with van der Waals surface area (Å²) in [5.41, 5.74) is 2.02. The van der Waals surface area contributed by atoms with E-state index in [1.807, 2.05) is 30.3 Å². The molecule has 2 aromatic rings. The Morgan fingerprint density at radius 3 is 2.69 bits per heavy atom. The van der Waals surface area contributed by atoms with E-state index < -0.39 is 0 Å². The SMILES string of the molecule is COCC(=O)N(Cc1ccccc1)C[C@H]1CC(c2ccccc2F)=NO1. The fourth-order valence-corrected chi connectivity index (χ4v) is 2.90. The van der Waals surface area contributed by atoms with Gasteiger partial charge in [-0.1, -0.05) is 53.7 Å². The van der Waals surface area contributed by atoms with Crippen molar-refractivity contribution in [2.75, 3.05) is 20.3 Å². The van der Waals surface area contributed by atoms with Crippen molar-refractivity contribution in [1.29, 1.82) is 0 Å². The van der Waals surface area contributed by atoms with Crippen LogP contribution in [0.5, 0.6) is 0 Å². The molecule has 0 aliphatic carbocycles. The van der Waals surface area contributed by atoms with Crippen molar-refractivity contribution in [2.24, 2.45) is 5.16 Å². The highest BCUT2D eigenvalue weighted by atomic mass is 19.1. The Hall–Kier alpha value is -2.73. The molecule has 0 saturated carbocycles. The fraction of sp³-hybridized carbons (Fsp3) is 0.300. The molecule has 26 heavy (non-hydrogen) atoms. The summed E-state index contributed by atoms with van der Waals surface area (Å²) in [5.74, 6) is -0.452. The molecule has 136 valence electrons. The number of methoxy groups -OCH3 is 1. The molecule has 2 aromatic carbocycles. The number of oxime groups is 1. The van der Waals surface area contributed by atoms with Gasteiger partial charge in [-0.3, -0.25) is 4.79 Å². The molecule has 1 atom stereocenters. The van der Waals surface area contributed by atoms with Crippen LogP contribution in [0.2, 0.25) is 0 Å². The van der Waals surface area contributed by atoms with Crippen LogP contribution in [0.4, 0.5) is 4.39 Å². The molecule has 0 radical (unpaired) electrons. The Balaban J connectivity index is 1.66. The Morgan fingerprint density at radius 1 is 1.23 bits per heavy atom. The molecule has 3 rings (SSSR count). The van der Waals surface area contributed by atoms with Crippen molar-refractivity contribution in [3.05, 3.63) is 71.5 Å². The lowest BCUT2D eigenvalue weighted by Gasteiger charge is -2.24. The predicted molar refractivity (Wildman–Crippen MR) is 96.2 cm³/mol. The minimum Gasteiger partial charge on any atom is -0.390 e. The quantitative estimate of drug-likeness (QED) is 0.766. The maximum absolute atomic E-state index is 13.9. The van der Waals surface area contributed by atoms with Crippen LogP contribution in [-0.4, -0.2) is 42.9 Å². The van der Waals surface area contributed by atoms with Crippen molar-refractivity contribution >= 4 is 11.6 Å². The number of nitrogens with zero attached hydrogens (tertiary/aromatic N) is 2. The smallest absolute Gasteiger partial charge is 0.248 e. The zero-order valence-corrected chi connectivity index (χ0v) is 14.6. The van der Waals surface area contributed by atoms with E-state index in [4.69, 9.17) is 9.57 Å². The third-order valence-corrected chi connectivity index (χ3v) is 4.18. The van der Waals surface area contributed by atoms with Crippen molar-refractivity contribution < 1.29 is 18.8 Å². The van der Waals surface area contributed by atoms with E-state index in [1.165, 1.54) is 13.2 Å². The lowest BCUT2D eigenvalue weighted by atomic mass is 10.0. The number of halogens is 1. The first-order chi connectivity index (χ1) is 12.7. The molecule has 1 amide bonds. The largest absolute Gasteiger partial charge is 0.390 e. The highest BCUT2D eigenvalue weighted by Crippen LogP contribution is 2.20. The molecule has 0 saturated heterocycles. The predicted octanol–water partition coefficient (Wildman–Crippen LogP) is 2.99. The third-order valence-electron chi connectivity index (χ3n) is 4.18. The molecular formula is C20H21FN2O3. The van der Waals surface area contributed by atoms with Crippen molar-refractivity contribution in [3.63, 3.8) is 0 Å². The van der Waals surface area contributed by atoms with E-state index in [9.17, 15) is 9.18 Å². The number of hydrogen-bond acceptors (Lipinski definition) is 4. The van der Waals surface area contributed by atoms with E-state index in [-0.39, 0.29) is 24.4 Å². The second-order valence-electron chi connectivity index (χ2n) is 6.14. The summed E-state index contributed by atoms with van der Waals surface area (Å²) in [5, 5.41) is 4.02. The van der Waals surface area contributed by atoms with Crippen LogP contribution in [0.15, 0.2) is 59.8 Å². The minimum absolute atomic E-state index is 0.000577. The van der Waals surface area contributed by atoms with Crippen molar-refractivity contribution in [1.82, 2.24) is 4.90 Å². The second-order valence-corrected chi connectivity index (χ2v) is 6.14. The van der Waals surface area contributed by atoms with Gasteiger partial charge in [-0.05, 0) is 11.6 Å².